The van der Waals surface area contributed by atoms with Gasteiger partial charge in [-0.2, -0.15) is 0 Å². The monoisotopic (exact) mass is 478 g/mol. The van der Waals surface area contributed by atoms with Gasteiger partial charge in [-0.1, -0.05) is 36.4 Å². The number of halogens is 1. The third-order valence-corrected chi connectivity index (χ3v) is 10.7. The molecule has 4 saturated carbocycles. The number of Topliss-reactive ketones (excluding diaryl/α,β-unsaturated/α-hetero) is 1. The Balaban J connectivity index is 1.43. The first-order valence-electron chi connectivity index (χ1n) is 11.6. The van der Waals surface area contributed by atoms with E-state index in [1.807, 2.05) is 20.8 Å². The summed E-state index contributed by atoms with van der Waals surface area (Å²) in [6.07, 6.45) is 5.66. The Kier molecular flexibility index (Phi) is 4.39. The molecule has 5 heteroatoms. The zero-order valence-electron chi connectivity index (χ0n) is 18.9. The Morgan fingerprint density at radius 2 is 1.90 bits per heavy atom. The summed E-state index contributed by atoms with van der Waals surface area (Å²) in [6.45, 7) is 14.4. The maximum absolute atomic E-state index is 12.9. The second-order valence-corrected chi connectivity index (χ2v) is 13.3. The van der Waals surface area contributed by atoms with E-state index in [4.69, 9.17) is 9.47 Å². The molecule has 5 rings (SSSR count). The number of carbonyl (C=O) groups is 2. The number of hydrogen-bond donors (Lipinski definition) is 0. The van der Waals surface area contributed by atoms with Crippen molar-refractivity contribution < 1.29 is 19.1 Å². The van der Waals surface area contributed by atoms with Gasteiger partial charge in [-0.05, 0) is 76.2 Å². The molecule has 0 aromatic heterocycles. The summed E-state index contributed by atoms with van der Waals surface area (Å²) >= 11 is 4.05. The van der Waals surface area contributed by atoms with Crippen molar-refractivity contribution in [2.45, 2.75) is 95.8 Å². The van der Waals surface area contributed by atoms with Gasteiger partial charge in [0.25, 0.3) is 0 Å². The zero-order valence-corrected chi connectivity index (χ0v) is 20.5. The van der Waals surface area contributed by atoms with Gasteiger partial charge >= 0.3 is 5.97 Å². The van der Waals surface area contributed by atoms with Crippen LogP contribution in [0.25, 0.3) is 0 Å². The molecular formula is C25H35BrO4. The van der Waals surface area contributed by atoms with Gasteiger partial charge in [-0.15, -0.1) is 0 Å². The van der Waals surface area contributed by atoms with Crippen molar-refractivity contribution in [3.05, 3.63) is 12.2 Å². The average Bonchev–Trinajstić information content (AvgIpc) is 3.34. The second-order valence-electron chi connectivity index (χ2n) is 12.2. The molecule has 0 N–H and O–H groups in total. The summed E-state index contributed by atoms with van der Waals surface area (Å²) in [5.74, 6) is 1.49. The molecule has 0 bridgehead atoms. The van der Waals surface area contributed by atoms with E-state index in [1.165, 1.54) is 0 Å². The molecule has 4 nitrogen and oxygen atoms in total. The molecule has 0 unspecified atom stereocenters. The minimum Gasteiger partial charge on any atom is -0.462 e. The van der Waals surface area contributed by atoms with Gasteiger partial charge in [0, 0.05) is 22.1 Å². The fourth-order valence-corrected chi connectivity index (χ4v) is 9.02. The Hall–Kier alpha value is -0.680. The molecule has 166 valence electrons. The molecule has 4 aliphatic carbocycles. The lowest BCUT2D eigenvalue weighted by molar-refractivity contribution is -0.168. The Labute approximate surface area is 188 Å². The van der Waals surface area contributed by atoms with Gasteiger partial charge in [-0.3, -0.25) is 9.59 Å². The zero-order chi connectivity index (χ0) is 21.9. The van der Waals surface area contributed by atoms with Crippen molar-refractivity contribution in [2.24, 2.45) is 34.0 Å². The van der Waals surface area contributed by atoms with Crippen LogP contribution in [0.4, 0.5) is 0 Å². The number of carbonyl (C=O) groups excluding carboxylic acids is 2. The maximum atomic E-state index is 12.9. The molecule has 0 aromatic rings. The number of esters is 1. The predicted molar refractivity (Wildman–Crippen MR) is 118 cm³/mol. The lowest BCUT2D eigenvalue weighted by Crippen LogP contribution is -2.62. The summed E-state index contributed by atoms with van der Waals surface area (Å²) in [6, 6.07) is 0. The number of alkyl halides is 1. The molecule has 0 amide bonds. The maximum Gasteiger partial charge on any atom is 0.311 e. The van der Waals surface area contributed by atoms with Gasteiger partial charge in [0.05, 0.1) is 5.41 Å². The van der Waals surface area contributed by atoms with E-state index in [-0.39, 0.29) is 39.4 Å². The highest BCUT2D eigenvalue weighted by molar-refractivity contribution is 9.09. The van der Waals surface area contributed by atoms with E-state index < -0.39 is 5.41 Å². The SMILES string of the molecule is C=C1C[C@H]2[C@@H]3[C@H](Br)[C@H]4O[C@]45C[C@@H](OC(=O)C(C)(C)C)CC[C@]5(C)[C@H]3CC[C@]2(C)C1=O. The summed E-state index contributed by atoms with van der Waals surface area (Å²) in [5.41, 5.74) is -0.0419. The number of allylic oxidation sites excluding steroid dienone is 1. The Bertz CT molecular complexity index is 829. The molecule has 1 spiro atoms. The summed E-state index contributed by atoms with van der Waals surface area (Å²) in [5, 5.41) is 0. The van der Waals surface area contributed by atoms with E-state index in [2.05, 4.69) is 36.4 Å². The van der Waals surface area contributed by atoms with Gasteiger partial charge in [0.1, 0.15) is 17.8 Å². The smallest absolute Gasteiger partial charge is 0.311 e. The highest BCUT2D eigenvalue weighted by Gasteiger charge is 2.79. The van der Waals surface area contributed by atoms with E-state index in [0.29, 0.717) is 23.5 Å². The Morgan fingerprint density at radius 3 is 2.57 bits per heavy atom. The van der Waals surface area contributed by atoms with Crippen LogP contribution in [0, 0.1) is 34.0 Å². The van der Waals surface area contributed by atoms with Gasteiger partial charge in [0.15, 0.2) is 5.78 Å². The van der Waals surface area contributed by atoms with Crippen LogP contribution in [0.15, 0.2) is 12.2 Å². The minimum atomic E-state index is -0.483. The van der Waals surface area contributed by atoms with Crippen molar-refractivity contribution in [3.8, 4) is 0 Å². The third-order valence-electron chi connectivity index (χ3n) is 9.61. The van der Waals surface area contributed by atoms with Crippen molar-refractivity contribution in [1.82, 2.24) is 0 Å². The standard InChI is InChI=1S/C25H35BrO4/c1-13-11-16-17-15(8-9-23(16,5)19(13)27)24(6)10-7-14(29-21(28)22(2,3)4)12-25(24)20(30-25)18(17)26/h14-18,20H,1,7-12H2,2-6H3/t14-,15-,16-,17+,18-,20+,23-,24+,25+/m0/s1. The largest absolute Gasteiger partial charge is 0.462 e. The molecule has 5 aliphatic rings. The van der Waals surface area contributed by atoms with Crippen molar-refractivity contribution in [1.29, 1.82) is 0 Å². The van der Waals surface area contributed by atoms with E-state index in [0.717, 1.165) is 44.1 Å². The van der Waals surface area contributed by atoms with Gasteiger partial charge in [-0.25, -0.2) is 0 Å². The number of rotatable bonds is 1. The van der Waals surface area contributed by atoms with Crippen LogP contribution < -0.4 is 0 Å². The topological polar surface area (TPSA) is 55.9 Å². The number of epoxide rings is 1. The van der Waals surface area contributed by atoms with Crippen LogP contribution in [-0.4, -0.2) is 34.4 Å². The number of fused-ring (bicyclic) bond motifs is 4. The fourth-order valence-electron chi connectivity index (χ4n) is 7.75. The summed E-state index contributed by atoms with van der Waals surface area (Å²) < 4.78 is 12.5. The minimum absolute atomic E-state index is 0.0623. The van der Waals surface area contributed by atoms with Gasteiger partial charge in [0.2, 0.25) is 0 Å². The van der Waals surface area contributed by atoms with Crippen LogP contribution in [0.2, 0.25) is 0 Å². The summed E-state index contributed by atoms with van der Waals surface area (Å²) in [7, 11) is 0. The van der Waals surface area contributed by atoms with Crippen LogP contribution in [0.1, 0.15) is 73.1 Å². The quantitative estimate of drug-likeness (QED) is 0.224. The lowest BCUT2D eigenvalue weighted by atomic mass is 9.45. The second kappa shape index (κ2) is 6.21. The van der Waals surface area contributed by atoms with Crippen LogP contribution in [-0.2, 0) is 19.1 Å². The molecule has 1 aliphatic heterocycles. The number of ketones is 1. The highest BCUT2D eigenvalue weighted by Crippen LogP contribution is 2.74. The summed E-state index contributed by atoms with van der Waals surface area (Å²) in [4.78, 5) is 25.7. The fraction of sp³-hybridized carbons (Fsp3) is 0.840. The van der Waals surface area contributed by atoms with Gasteiger partial charge < -0.3 is 9.47 Å². The first-order chi connectivity index (χ1) is 13.8. The molecule has 1 saturated heterocycles. The average molecular weight is 479 g/mol. The van der Waals surface area contributed by atoms with E-state index in [1.54, 1.807) is 0 Å². The lowest BCUT2D eigenvalue weighted by Gasteiger charge is -2.59. The first kappa shape index (κ1) is 21.2. The third kappa shape index (κ3) is 2.54. The van der Waals surface area contributed by atoms with E-state index >= 15 is 0 Å². The number of hydrogen-bond acceptors (Lipinski definition) is 4. The molecule has 5 fully saturated rings. The Morgan fingerprint density at radius 1 is 1.20 bits per heavy atom. The number of ether oxygens (including phenoxy) is 2. The predicted octanol–water partition coefficient (Wildman–Crippen LogP) is 5.23. The molecular weight excluding hydrogens is 444 g/mol. The normalized spacial score (nSPS) is 52.1. The van der Waals surface area contributed by atoms with Crippen molar-refractivity contribution in [2.75, 3.05) is 0 Å². The molecule has 30 heavy (non-hydrogen) atoms. The highest BCUT2D eigenvalue weighted by atomic mass is 79.9. The van der Waals surface area contributed by atoms with Crippen LogP contribution in [0.3, 0.4) is 0 Å². The van der Waals surface area contributed by atoms with Crippen LogP contribution in [0.5, 0.6) is 0 Å². The molecule has 0 aromatic carbocycles. The van der Waals surface area contributed by atoms with Crippen molar-refractivity contribution in [3.63, 3.8) is 0 Å². The van der Waals surface area contributed by atoms with Crippen molar-refractivity contribution >= 4 is 27.7 Å². The molecule has 0 radical (unpaired) electrons. The van der Waals surface area contributed by atoms with E-state index in [9.17, 15) is 9.59 Å². The van der Waals surface area contributed by atoms with Crippen LogP contribution >= 0.6 is 15.9 Å². The molecule has 1 heterocycles. The first-order valence-corrected chi connectivity index (χ1v) is 12.5. The molecule has 9 atom stereocenters.